The first kappa shape index (κ1) is 30.8. The van der Waals surface area contributed by atoms with Crippen molar-refractivity contribution in [3.05, 3.63) is 101 Å². The number of urea groups is 1. The fourth-order valence-electron chi connectivity index (χ4n) is 5.23. The van der Waals surface area contributed by atoms with Crippen molar-refractivity contribution in [3.63, 3.8) is 0 Å². The third kappa shape index (κ3) is 7.77. The highest BCUT2D eigenvalue weighted by molar-refractivity contribution is 5.76. The van der Waals surface area contributed by atoms with Crippen molar-refractivity contribution in [1.29, 1.82) is 0 Å². The van der Waals surface area contributed by atoms with Gasteiger partial charge < -0.3 is 20.5 Å². The van der Waals surface area contributed by atoms with Crippen LogP contribution in [0.5, 0.6) is 5.75 Å². The predicted octanol–water partition coefficient (Wildman–Crippen LogP) is 6.96. The Morgan fingerprint density at radius 1 is 0.905 bits per heavy atom. The highest BCUT2D eigenvalue weighted by Gasteiger charge is 2.40. The summed E-state index contributed by atoms with van der Waals surface area (Å²) in [6.07, 6.45) is -1.83. The van der Waals surface area contributed by atoms with Crippen LogP contribution in [-0.4, -0.2) is 29.8 Å². The Hall–Kier alpha value is -4.15. The van der Waals surface area contributed by atoms with Crippen molar-refractivity contribution in [2.45, 2.75) is 62.7 Å². The van der Waals surface area contributed by atoms with Gasteiger partial charge in [0.2, 0.25) is 0 Å². The van der Waals surface area contributed by atoms with E-state index in [0.717, 1.165) is 43.9 Å². The fourth-order valence-corrected chi connectivity index (χ4v) is 5.23. The Balaban J connectivity index is 1.87. The number of amides is 2. The zero-order valence-corrected chi connectivity index (χ0v) is 22.6. The number of hydrogen-bond acceptors (Lipinski definition) is 3. The first-order valence-electron chi connectivity index (χ1n) is 13.6. The molecule has 1 aliphatic carbocycles. The summed E-state index contributed by atoms with van der Waals surface area (Å²) in [5, 5.41) is 14.6. The lowest BCUT2D eigenvalue weighted by atomic mass is 9.77. The fraction of sp³-hybridized carbons (Fsp3) is 0.355. The van der Waals surface area contributed by atoms with E-state index in [1.54, 1.807) is 30.3 Å². The van der Waals surface area contributed by atoms with E-state index in [4.69, 9.17) is 9.84 Å². The number of benzene rings is 3. The van der Waals surface area contributed by atoms with Crippen LogP contribution in [0.25, 0.3) is 0 Å². The molecule has 0 aliphatic heterocycles. The molecule has 1 unspecified atom stereocenters. The van der Waals surface area contributed by atoms with E-state index >= 15 is 0 Å². The van der Waals surface area contributed by atoms with Gasteiger partial charge in [-0.1, -0.05) is 49.2 Å². The summed E-state index contributed by atoms with van der Waals surface area (Å²) in [7, 11) is 0. The zero-order valence-electron chi connectivity index (χ0n) is 22.6. The Labute approximate surface area is 239 Å². The monoisotopic (exact) mass is 590 g/mol. The SMILES string of the molecule is O=C(O)CCCOc1cc(C(Cc2ccccc2)(NC(=O)NC2CCCC2)c2cc(F)cc(C(F)(F)F)c2)ccc1F. The number of nitrogens with one attached hydrogen (secondary N) is 2. The Bertz CT molecular complexity index is 1390. The molecule has 1 atom stereocenters. The number of hydrogen-bond donors (Lipinski definition) is 3. The first-order valence-corrected chi connectivity index (χ1v) is 13.6. The molecule has 1 fully saturated rings. The topological polar surface area (TPSA) is 87.7 Å². The summed E-state index contributed by atoms with van der Waals surface area (Å²) in [6, 6.07) is 13.4. The number of carboxylic acid groups (broad SMARTS) is 1. The minimum absolute atomic E-state index is 0.0784. The highest BCUT2D eigenvalue weighted by Crippen LogP contribution is 2.39. The predicted molar refractivity (Wildman–Crippen MR) is 145 cm³/mol. The van der Waals surface area contributed by atoms with Crippen LogP contribution in [0, 0.1) is 11.6 Å². The summed E-state index contributed by atoms with van der Waals surface area (Å²) >= 11 is 0. The lowest BCUT2D eigenvalue weighted by Crippen LogP contribution is -2.53. The molecule has 0 saturated heterocycles. The molecule has 0 aromatic heterocycles. The van der Waals surface area contributed by atoms with E-state index in [1.165, 1.54) is 12.1 Å². The van der Waals surface area contributed by atoms with Gasteiger partial charge in [-0.05, 0) is 66.3 Å². The van der Waals surface area contributed by atoms with Gasteiger partial charge in [0.05, 0.1) is 17.7 Å². The highest BCUT2D eigenvalue weighted by atomic mass is 19.4. The van der Waals surface area contributed by atoms with E-state index < -0.39 is 40.9 Å². The molecule has 2 amide bonds. The van der Waals surface area contributed by atoms with Gasteiger partial charge in [-0.25, -0.2) is 13.6 Å². The number of alkyl halides is 3. The molecule has 11 heteroatoms. The number of halogens is 5. The number of rotatable bonds is 11. The van der Waals surface area contributed by atoms with E-state index in [1.807, 2.05) is 0 Å². The molecule has 0 bridgehead atoms. The van der Waals surface area contributed by atoms with Crippen molar-refractivity contribution >= 4 is 12.0 Å². The minimum atomic E-state index is -4.89. The smallest absolute Gasteiger partial charge is 0.416 e. The van der Waals surface area contributed by atoms with Crippen LogP contribution >= 0.6 is 0 Å². The molecule has 3 aromatic rings. The van der Waals surface area contributed by atoms with Gasteiger partial charge in [-0.3, -0.25) is 4.79 Å². The molecule has 42 heavy (non-hydrogen) atoms. The summed E-state index contributed by atoms with van der Waals surface area (Å²) < 4.78 is 76.8. The lowest BCUT2D eigenvalue weighted by Gasteiger charge is -2.37. The molecular weight excluding hydrogens is 559 g/mol. The minimum Gasteiger partial charge on any atom is -0.490 e. The van der Waals surface area contributed by atoms with Crippen LogP contribution in [0.3, 0.4) is 0 Å². The molecular formula is C31H31F5N2O4. The van der Waals surface area contributed by atoms with Crippen LogP contribution < -0.4 is 15.4 Å². The van der Waals surface area contributed by atoms with Crippen molar-refractivity contribution < 1.29 is 41.4 Å². The van der Waals surface area contributed by atoms with Crippen molar-refractivity contribution in [2.75, 3.05) is 6.61 Å². The molecule has 1 saturated carbocycles. The average Bonchev–Trinajstić information content (AvgIpc) is 3.44. The van der Waals surface area contributed by atoms with E-state index in [9.17, 15) is 31.5 Å². The van der Waals surface area contributed by atoms with Gasteiger partial charge in [0.15, 0.2) is 11.6 Å². The Kier molecular flexibility index (Phi) is 9.70. The molecule has 3 N–H and O–H groups in total. The van der Waals surface area contributed by atoms with Crippen molar-refractivity contribution in [2.24, 2.45) is 0 Å². The molecule has 0 radical (unpaired) electrons. The summed E-state index contributed by atoms with van der Waals surface area (Å²) in [4.78, 5) is 24.3. The van der Waals surface area contributed by atoms with Gasteiger partial charge in [0.25, 0.3) is 0 Å². The largest absolute Gasteiger partial charge is 0.490 e. The van der Waals surface area contributed by atoms with Crippen molar-refractivity contribution in [1.82, 2.24) is 10.6 Å². The van der Waals surface area contributed by atoms with E-state index in [2.05, 4.69) is 10.6 Å². The Morgan fingerprint density at radius 3 is 2.26 bits per heavy atom. The molecule has 3 aromatic carbocycles. The number of carbonyl (C=O) groups excluding carboxylic acids is 1. The summed E-state index contributed by atoms with van der Waals surface area (Å²) in [6.45, 7) is -0.147. The molecule has 0 spiro atoms. The summed E-state index contributed by atoms with van der Waals surface area (Å²) in [5.74, 6) is -3.31. The normalized spacial score (nSPS) is 15.2. The number of aliphatic carboxylic acids is 1. The summed E-state index contributed by atoms with van der Waals surface area (Å²) in [5.41, 5.74) is -2.52. The maximum atomic E-state index is 14.9. The second-order valence-corrected chi connectivity index (χ2v) is 10.4. The van der Waals surface area contributed by atoms with Gasteiger partial charge in [0.1, 0.15) is 5.82 Å². The maximum absolute atomic E-state index is 14.9. The van der Waals surface area contributed by atoms with Crippen molar-refractivity contribution in [3.8, 4) is 5.75 Å². The van der Waals surface area contributed by atoms with Crippen LogP contribution in [0.2, 0.25) is 0 Å². The van der Waals surface area contributed by atoms with Gasteiger partial charge in [0, 0.05) is 18.9 Å². The van der Waals surface area contributed by atoms with E-state index in [0.29, 0.717) is 11.6 Å². The zero-order chi connectivity index (χ0) is 30.3. The van der Waals surface area contributed by atoms with Crippen LogP contribution in [0.4, 0.5) is 26.7 Å². The molecule has 0 heterocycles. The average molecular weight is 591 g/mol. The van der Waals surface area contributed by atoms with E-state index in [-0.39, 0.29) is 48.8 Å². The lowest BCUT2D eigenvalue weighted by molar-refractivity contribution is -0.138. The third-order valence-electron chi connectivity index (χ3n) is 7.26. The first-order chi connectivity index (χ1) is 20.0. The quantitative estimate of drug-likeness (QED) is 0.167. The van der Waals surface area contributed by atoms with Gasteiger partial charge in [-0.2, -0.15) is 13.2 Å². The maximum Gasteiger partial charge on any atom is 0.416 e. The number of carboxylic acids is 1. The molecule has 224 valence electrons. The third-order valence-corrected chi connectivity index (χ3v) is 7.26. The second-order valence-electron chi connectivity index (χ2n) is 10.4. The van der Waals surface area contributed by atoms with Gasteiger partial charge in [-0.15, -0.1) is 0 Å². The number of ether oxygens (including phenoxy) is 1. The second kappa shape index (κ2) is 13.2. The number of carbonyl (C=O) groups is 2. The van der Waals surface area contributed by atoms with Crippen LogP contribution in [0.1, 0.15) is 60.8 Å². The molecule has 4 rings (SSSR count). The standard InChI is InChI=1S/C31H31F5N2O4/c32-24-16-22(15-23(17-24)31(34,35)36)30(19-20-7-2-1-3-8-20,38-29(41)37-25-9-4-5-10-25)21-12-13-26(33)27(18-21)42-14-6-11-28(39)40/h1-3,7-8,12-13,15-18,25H,4-6,9-11,14,19H2,(H,39,40)(H2,37,38,41). The Morgan fingerprint density at radius 2 is 1.60 bits per heavy atom. The molecule has 1 aliphatic rings. The van der Waals surface area contributed by atoms with Crippen LogP contribution in [0.15, 0.2) is 66.7 Å². The van der Waals surface area contributed by atoms with Gasteiger partial charge >= 0.3 is 18.2 Å². The van der Waals surface area contributed by atoms with Crippen LogP contribution in [-0.2, 0) is 22.9 Å². The molecule has 6 nitrogen and oxygen atoms in total.